The van der Waals surface area contributed by atoms with Gasteiger partial charge in [-0.25, -0.2) is 0 Å². The highest BCUT2D eigenvalue weighted by molar-refractivity contribution is 9.10. The Morgan fingerprint density at radius 3 is 2.30 bits per heavy atom. The molecular formula is C17H24BrNS. The molecule has 1 aromatic rings. The highest BCUT2D eigenvalue weighted by atomic mass is 79.9. The summed E-state index contributed by atoms with van der Waals surface area (Å²) in [5.41, 5.74) is 0.611. The fourth-order valence-corrected chi connectivity index (χ4v) is 7.39. The van der Waals surface area contributed by atoms with Crippen LogP contribution in [-0.4, -0.2) is 13.1 Å². The van der Waals surface area contributed by atoms with E-state index in [0.717, 1.165) is 17.8 Å². The standard InChI is InChI=1S/C17H24BrNS/c1-19-16(6-15-5-14(18)10-20-15)17-7-11-2-12(8-17)4-13(3-11)9-17/h5,10-13,16,19H,2-4,6-9H2,1H3. The van der Waals surface area contributed by atoms with Gasteiger partial charge in [0.1, 0.15) is 0 Å². The van der Waals surface area contributed by atoms with E-state index in [0.29, 0.717) is 11.5 Å². The Balaban J connectivity index is 1.57. The van der Waals surface area contributed by atoms with Gasteiger partial charge in [-0.1, -0.05) is 0 Å². The van der Waals surface area contributed by atoms with Crippen LogP contribution < -0.4 is 5.32 Å². The van der Waals surface area contributed by atoms with E-state index in [1.807, 2.05) is 11.3 Å². The second-order valence-corrected chi connectivity index (χ2v) is 9.47. The van der Waals surface area contributed by atoms with Crippen molar-refractivity contribution < 1.29 is 0 Å². The Labute approximate surface area is 134 Å². The Morgan fingerprint density at radius 2 is 1.85 bits per heavy atom. The van der Waals surface area contributed by atoms with Gasteiger partial charge in [0.05, 0.1) is 0 Å². The molecule has 0 spiro atoms. The summed E-state index contributed by atoms with van der Waals surface area (Å²) < 4.78 is 1.25. The zero-order chi connectivity index (χ0) is 13.7. The summed E-state index contributed by atoms with van der Waals surface area (Å²) in [4.78, 5) is 1.53. The number of thiophene rings is 1. The van der Waals surface area contributed by atoms with Crippen LogP contribution in [0.3, 0.4) is 0 Å². The highest BCUT2D eigenvalue weighted by Crippen LogP contribution is 2.61. The van der Waals surface area contributed by atoms with E-state index >= 15 is 0 Å². The summed E-state index contributed by atoms with van der Waals surface area (Å²) in [5.74, 6) is 3.14. The van der Waals surface area contributed by atoms with E-state index in [1.165, 1.54) is 35.0 Å². The second kappa shape index (κ2) is 5.10. The van der Waals surface area contributed by atoms with Gasteiger partial charge in [-0.3, -0.25) is 0 Å². The van der Waals surface area contributed by atoms with E-state index < -0.39 is 0 Å². The molecule has 0 aromatic carbocycles. The molecule has 4 bridgehead atoms. The van der Waals surface area contributed by atoms with Gasteiger partial charge in [-0.2, -0.15) is 0 Å². The van der Waals surface area contributed by atoms with Crippen LogP contribution in [0.2, 0.25) is 0 Å². The molecule has 0 radical (unpaired) electrons. The van der Waals surface area contributed by atoms with Gasteiger partial charge in [0.2, 0.25) is 0 Å². The maximum Gasteiger partial charge on any atom is 0.0285 e. The summed E-state index contributed by atoms with van der Waals surface area (Å²) in [6.45, 7) is 0. The van der Waals surface area contributed by atoms with Crippen molar-refractivity contribution in [2.24, 2.45) is 23.2 Å². The molecule has 4 aliphatic rings. The number of halogens is 1. The SMILES string of the molecule is CNC(Cc1cc(Br)cs1)C12CC3CC(CC(C3)C1)C2. The summed E-state index contributed by atoms with van der Waals surface area (Å²) in [6.07, 6.45) is 10.3. The van der Waals surface area contributed by atoms with E-state index in [1.54, 1.807) is 19.3 Å². The third-order valence-corrected chi connectivity index (χ3v) is 7.92. The molecule has 1 nitrogen and oxygen atoms in total. The lowest BCUT2D eigenvalue weighted by molar-refractivity contribution is -0.0723. The molecule has 0 aliphatic heterocycles. The topological polar surface area (TPSA) is 12.0 Å². The number of nitrogens with one attached hydrogen (secondary N) is 1. The lowest BCUT2D eigenvalue weighted by Gasteiger charge is -2.59. The van der Waals surface area contributed by atoms with Gasteiger partial charge in [0.15, 0.2) is 0 Å². The molecule has 4 aliphatic carbocycles. The molecule has 3 heteroatoms. The van der Waals surface area contributed by atoms with Gasteiger partial charge in [0, 0.05) is 20.8 Å². The molecule has 4 fully saturated rings. The Kier molecular flexibility index (Phi) is 3.51. The summed E-state index contributed by atoms with van der Waals surface area (Å²) >= 11 is 5.51. The van der Waals surface area contributed by atoms with Crippen LogP contribution in [0.25, 0.3) is 0 Å². The van der Waals surface area contributed by atoms with Crippen molar-refractivity contribution in [3.8, 4) is 0 Å². The van der Waals surface area contributed by atoms with Crippen LogP contribution in [0, 0.1) is 23.2 Å². The lowest BCUT2D eigenvalue weighted by Crippen LogP contribution is -2.55. The van der Waals surface area contributed by atoms with Crippen LogP contribution in [0.15, 0.2) is 15.9 Å². The third kappa shape index (κ3) is 2.30. The molecule has 1 aromatic heterocycles. The molecule has 1 unspecified atom stereocenters. The van der Waals surface area contributed by atoms with Gasteiger partial charge in [0.25, 0.3) is 0 Å². The van der Waals surface area contributed by atoms with Crippen LogP contribution in [-0.2, 0) is 6.42 Å². The molecule has 5 rings (SSSR count). The summed E-state index contributed by atoms with van der Waals surface area (Å²) in [7, 11) is 2.19. The predicted octanol–water partition coefficient (Wildman–Crippen LogP) is 4.86. The fourth-order valence-electron chi connectivity index (χ4n) is 5.89. The Hall–Kier alpha value is 0.140. The van der Waals surface area contributed by atoms with Gasteiger partial charge in [-0.05, 0) is 97.2 Å². The molecule has 110 valence electrons. The third-order valence-electron chi connectivity index (χ3n) is 6.20. The molecule has 1 N–H and O–H groups in total. The fraction of sp³-hybridized carbons (Fsp3) is 0.765. The molecule has 1 atom stereocenters. The second-order valence-electron chi connectivity index (χ2n) is 7.56. The smallest absolute Gasteiger partial charge is 0.0285 e. The van der Waals surface area contributed by atoms with Crippen LogP contribution in [0.4, 0.5) is 0 Å². The Bertz CT molecular complexity index is 460. The maximum absolute atomic E-state index is 3.71. The monoisotopic (exact) mass is 353 g/mol. The Morgan fingerprint density at radius 1 is 1.25 bits per heavy atom. The van der Waals surface area contributed by atoms with Crippen molar-refractivity contribution in [1.29, 1.82) is 0 Å². The molecule has 20 heavy (non-hydrogen) atoms. The summed E-state index contributed by atoms with van der Waals surface area (Å²) in [6, 6.07) is 3.00. The average Bonchev–Trinajstić information content (AvgIpc) is 2.80. The zero-order valence-electron chi connectivity index (χ0n) is 12.2. The van der Waals surface area contributed by atoms with Gasteiger partial charge >= 0.3 is 0 Å². The van der Waals surface area contributed by atoms with E-state index in [2.05, 4.69) is 39.7 Å². The largest absolute Gasteiger partial charge is 0.316 e. The number of likely N-dealkylation sites (N-methyl/N-ethyl adjacent to an activating group) is 1. The molecule has 0 amide bonds. The van der Waals surface area contributed by atoms with Crippen LogP contribution in [0.1, 0.15) is 43.4 Å². The quantitative estimate of drug-likeness (QED) is 0.814. The van der Waals surface area contributed by atoms with Crippen molar-refractivity contribution >= 4 is 27.3 Å². The van der Waals surface area contributed by atoms with Gasteiger partial charge in [-0.15, -0.1) is 11.3 Å². The van der Waals surface area contributed by atoms with Gasteiger partial charge < -0.3 is 5.32 Å². The predicted molar refractivity (Wildman–Crippen MR) is 89.2 cm³/mol. The van der Waals surface area contributed by atoms with E-state index in [-0.39, 0.29) is 0 Å². The van der Waals surface area contributed by atoms with Crippen LogP contribution >= 0.6 is 27.3 Å². The first-order valence-corrected chi connectivity index (χ1v) is 9.74. The normalized spacial score (nSPS) is 40.2. The average molecular weight is 354 g/mol. The maximum atomic E-state index is 3.71. The number of rotatable bonds is 4. The van der Waals surface area contributed by atoms with E-state index in [9.17, 15) is 0 Å². The first-order chi connectivity index (χ1) is 9.67. The minimum Gasteiger partial charge on any atom is -0.316 e. The van der Waals surface area contributed by atoms with Crippen molar-refractivity contribution in [2.75, 3.05) is 7.05 Å². The highest BCUT2D eigenvalue weighted by Gasteiger charge is 2.53. The van der Waals surface area contributed by atoms with E-state index in [4.69, 9.17) is 0 Å². The molecule has 4 saturated carbocycles. The molecule has 1 heterocycles. The van der Waals surface area contributed by atoms with Crippen molar-refractivity contribution in [2.45, 2.75) is 51.0 Å². The number of hydrogen-bond acceptors (Lipinski definition) is 2. The van der Waals surface area contributed by atoms with Crippen molar-refractivity contribution in [1.82, 2.24) is 5.32 Å². The zero-order valence-corrected chi connectivity index (χ0v) is 14.6. The molecule has 0 saturated heterocycles. The molecular weight excluding hydrogens is 330 g/mol. The van der Waals surface area contributed by atoms with Crippen molar-refractivity contribution in [3.63, 3.8) is 0 Å². The van der Waals surface area contributed by atoms with Crippen molar-refractivity contribution in [3.05, 3.63) is 20.8 Å². The minimum absolute atomic E-state index is 0.611. The van der Waals surface area contributed by atoms with Crippen LogP contribution in [0.5, 0.6) is 0 Å². The lowest BCUT2D eigenvalue weighted by atomic mass is 9.47. The number of hydrogen-bond donors (Lipinski definition) is 1. The summed E-state index contributed by atoms with van der Waals surface area (Å²) in [5, 5.41) is 5.93. The minimum atomic E-state index is 0.611. The first kappa shape index (κ1) is 13.8. The first-order valence-electron chi connectivity index (χ1n) is 8.07.